The molecular formula is C12H10F6O3. The Balaban J connectivity index is 2.43. The molecule has 0 bridgehead atoms. The molecule has 0 fully saturated rings. The number of carbonyl (C=O) groups excluding carboxylic acids is 1. The van der Waals surface area contributed by atoms with Gasteiger partial charge in [0.15, 0.2) is 5.78 Å². The van der Waals surface area contributed by atoms with E-state index in [9.17, 15) is 31.1 Å². The number of halogens is 6. The standard InChI is InChI=1S/C12H10F6O3/c13-11(14,15)7-20-6-9(19)5-8-1-3-10(4-2-8)21-12(16,17)18/h1-4H,5-7H2. The van der Waals surface area contributed by atoms with E-state index in [1.54, 1.807) is 0 Å². The van der Waals surface area contributed by atoms with Crippen LogP contribution in [-0.4, -0.2) is 31.5 Å². The Bertz CT molecular complexity index is 463. The number of ketones is 1. The Morgan fingerprint density at radius 2 is 1.57 bits per heavy atom. The number of alkyl halides is 6. The Morgan fingerprint density at radius 3 is 2.05 bits per heavy atom. The molecule has 0 aliphatic rings. The van der Waals surface area contributed by atoms with Crippen molar-refractivity contribution in [3.63, 3.8) is 0 Å². The molecule has 0 saturated heterocycles. The van der Waals surface area contributed by atoms with E-state index < -0.39 is 37.3 Å². The molecule has 118 valence electrons. The van der Waals surface area contributed by atoms with E-state index in [0.717, 1.165) is 12.1 Å². The van der Waals surface area contributed by atoms with Crippen LogP contribution in [-0.2, 0) is 16.0 Å². The molecule has 0 heterocycles. The summed E-state index contributed by atoms with van der Waals surface area (Å²) in [4.78, 5) is 11.3. The number of hydrogen-bond donors (Lipinski definition) is 0. The molecule has 0 aliphatic carbocycles. The number of ether oxygens (including phenoxy) is 2. The second-order valence-electron chi connectivity index (χ2n) is 4.02. The predicted molar refractivity (Wildman–Crippen MR) is 58.7 cm³/mol. The monoisotopic (exact) mass is 316 g/mol. The van der Waals surface area contributed by atoms with E-state index in [4.69, 9.17) is 0 Å². The second-order valence-corrected chi connectivity index (χ2v) is 4.02. The summed E-state index contributed by atoms with van der Waals surface area (Å²) in [5.41, 5.74) is 0.338. The predicted octanol–water partition coefficient (Wildman–Crippen LogP) is 3.28. The lowest BCUT2D eigenvalue weighted by molar-refractivity contribution is -0.274. The fourth-order valence-electron chi connectivity index (χ4n) is 1.37. The Morgan fingerprint density at radius 1 is 1.00 bits per heavy atom. The summed E-state index contributed by atoms with van der Waals surface area (Å²) in [5, 5.41) is 0. The molecule has 9 heteroatoms. The van der Waals surface area contributed by atoms with Gasteiger partial charge in [-0.15, -0.1) is 13.2 Å². The first-order chi connectivity index (χ1) is 9.55. The fourth-order valence-corrected chi connectivity index (χ4v) is 1.37. The minimum Gasteiger partial charge on any atom is -0.406 e. The molecular weight excluding hydrogens is 306 g/mol. The first-order valence-electron chi connectivity index (χ1n) is 5.56. The van der Waals surface area contributed by atoms with Crippen LogP contribution in [0.3, 0.4) is 0 Å². The highest BCUT2D eigenvalue weighted by atomic mass is 19.4. The fraction of sp³-hybridized carbons (Fsp3) is 0.417. The van der Waals surface area contributed by atoms with E-state index >= 15 is 0 Å². The largest absolute Gasteiger partial charge is 0.573 e. The highest BCUT2D eigenvalue weighted by Crippen LogP contribution is 2.22. The minimum atomic E-state index is -4.82. The third-order valence-corrected chi connectivity index (χ3v) is 2.09. The van der Waals surface area contributed by atoms with Crippen molar-refractivity contribution < 1.29 is 40.6 Å². The van der Waals surface area contributed by atoms with Crippen LogP contribution in [0, 0.1) is 0 Å². The molecule has 1 aromatic carbocycles. The van der Waals surface area contributed by atoms with Crippen molar-refractivity contribution in [2.75, 3.05) is 13.2 Å². The maximum atomic E-state index is 11.9. The lowest BCUT2D eigenvalue weighted by Gasteiger charge is -2.09. The normalized spacial score (nSPS) is 12.3. The van der Waals surface area contributed by atoms with Gasteiger partial charge in [0.2, 0.25) is 0 Å². The smallest absolute Gasteiger partial charge is 0.406 e. The van der Waals surface area contributed by atoms with Gasteiger partial charge in [0.05, 0.1) is 0 Å². The molecule has 0 spiro atoms. The van der Waals surface area contributed by atoms with Crippen LogP contribution in [0.25, 0.3) is 0 Å². The Labute approximate surface area is 115 Å². The molecule has 0 unspecified atom stereocenters. The van der Waals surface area contributed by atoms with Gasteiger partial charge in [-0.05, 0) is 17.7 Å². The number of rotatable bonds is 6. The maximum Gasteiger partial charge on any atom is 0.573 e. The summed E-state index contributed by atoms with van der Waals surface area (Å²) in [6.07, 6.45) is -9.58. The summed E-state index contributed by atoms with van der Waals surface area (Å²) in [5.74, 6) is -1.07. The van der Waals surface area contributed by atoms with E-state index in [1.807, 2.05) is 0 Å². The third-order valence-electron chi connectivity index (χ3n) is 2.09. The lowest BCUT2D eigenvalue weighted by atomic mass is 10.1. The van der Waals surface area contributed by atoms with Gasteiger partial charge in [0, 0.05) is 6.42 Å². The van der Waals surface area contributed by atoms with E-state index in [0.29, 0.717) is 5.56 Å². The van der Waals surface area contributed by atoms with Crippen molar-refractivity contribution in [2.24, 2.45) is 0 Å². The Hall–Kier alpha value is -1.77. The molecule has 0 radical (unpaired) electrons. The van der Waals surface area contributed by atoms with Gasteiger partial charge in [0.1, 0.15) is 19.0 Å². The van der Waals surface area contributed by atoms with Crippen molar-refractivity contribution >= 4 is 5.78 Å². The zero-order chi connectivity index (χ0) is 16.1. The number of benzene rings is 1. The summed E-state index contributed by atoms with van der Waals surface area (Å²) in [6.45, 7) is -2.25. The molecule has 1 aromatic rings. The number of carbonyl (C=O) groups is 1. The van der Waals surface area contributed by atoms with Crippen molar-refractivity contribution in [3.8, 4) is 5.75 Å². The van der Waals surface area contributed by atoms with Crippen molar-refractivity contribution in [3.05, 3.63) is 29.8 Å². The summed E-state index contributed by atoms with van der Waals surface area (Å²) < 4.78 is 78.8. The molecule has 1 rings (SSSR count). The molecule has 21 heavy (non-hydrogen) atoms. The van der Waals surface area contributed by atoms with Crippen LogP contribution in [0.2, 0.25) is 0 Å². The zero-order valence-corrected chi connectivity index (χ0v) is 10.4. The SMILES string of the molecule is O=C(COCC(F)(F)F)Cc1ccc(OC(F)(F)F)cc1. The van der Waals surface area contributed by atoms with Gasteiger partial charge in [-0.25, -0.2) is 0 Å². The number of hydrogen-bond acceptors (Lipinski definition) is 3. The van der Waals surface area contributed by atoms with Gasteiger partial charge in [-0.2, -0.15) is 13.2 Å². The van der Waals surface area contributed by atoms with Gasteiger partial charge < -0.3 is 9.47 Å². The van der Waals surface area contributed by atoms with Crippen LogP contribution < -0.4 is 4.74 Å². The Kier molecular flexibility index (Phi) is 5.59. The molecule has 0 saturated carbocycles. The molecule has 0 N–H and O–H groups in total. The van der Waals surface area contributed by atoms with Crippen LogP contribution in [0.15, 0.2) is 24.3 Å². The highest BCUT2D eigenvalue weighted by molar-refractivity contribution is 5.82. The van der Waals surface area contributed by atoms with Gasteiger partial charge in [-0.3, -0.25) is 4.79 Å². The van der Waals surface area contributed by atoms with E-state index in [2.05, 4.69) is 9.47 Å². The first kappa shape index (κ1) is 17.3. The third kappa shape index (κ3) is 8.18. The average Bonchev–Trinajstić information content (AvgIpc) is 2.28. The number of Topliss-reactive ketones (excluding diaryl/α,β-unsaturated/α-hetero) is 1. The van der Waals surface area contributed by atoms with Crippen LogP contribution in [0.1, 0.15) is 5.56 Å². The van der Waals surface area contributed by atoms with Crippen molar-refractivity contribution in [2.45, 2.75) is 19.0 Å². The van der Waals surface area contributed by atoms with Crippen molar-refractivity contribution in [1.82, 2.24) is 0 Å². The molecule has 0 amide bonds. The second kappa shape index (κ2) is 6.79. The van der Waals surface area contributed by atoms with Crippen LogP contribution >= 0.6 is 0 Å². The quantitative estimate of drug-likeness (QED) is 0.756. The molecule has 3 nitrogen and oxygen atoms in total. The van der Waals surface area contributed by atoms with E-state index in [1.165, 1.54) is 12.1 Å². The topological polar surface area (TPSA) is 35.5 Å². The van der Waals surface area contributed by atoms with Crippen LogP contribution in [0.5, 0.6) is 5.75 Å². The highest BCUT2D eigenvalue weighted by Gasteiger charge is 2.31. The minimum absolute atomic E-state index is 0.246. The molecule has 0 atom stereocenters. The summed E-state index contributed by atoms with van der Waals surface area (Å²) in [6, 6.07) is 4.44. The molecule has 0 aliphatic heterocycles. The molecule has 0 aromatic heterocycles. The van der Waals surface area contributed by atoms with Crippen LogP contribution in [0.4, 0.5) is 26.3 Å². The zero-order valence-electron chi connectivity index (χ0n) is 10.4. The van der Waals surface area contributed by atoms with Gasteiger partial charge in [-0.1, -0.05) is 12.1 Å². The van der Waals surface area contributed by atoms with Gasteiger partial charge >= 0.3 is 12.5 Å². The summed E-state index contributed by atoms with van der Waals surface area (Å²) in [7, 11) is 0. The van der Waals surface area contributed by atoms with E-state index in [-0.39, 0.29) is 6.42 Å². The average molecular weight is 316 g/mol. The van der Waals surface area contributed by atoms with Gasteiger partial charge in [0.25, 0.3) is 0 Å². The van der Waals surface area contributed by atoms with Crippen molar-refractivity contribution in [1.29, 1.82) is 0 Å². The maximum absolute atomic E-state index is 11.9. The first-order valence-corrected chi connectivity index (χ1v) is 5.56. The lowest BCUT2D eigenvalue weighted by Crippen LogP contribution is -2.21. The summed E-state index contributed by atoms with van der Waals surface area (Å²) >= 11 is 0.